The fourth-order valence-corrected chi connectivity index (χ4v) is 2.61. The van der Waals surface area contributed by atoms with Crippen LogP contribution in [0, 0.1) is 6.92 Å². The summed E-state index contributed by atoms with van der Waals surface area (Å²) in [6, 6.07) is 11.8. The van der Waals surface area contributed by atoms with Crippen LogP contribution in [-0.2, 0) is 17.8 Å². The Labute approximate surface area is 135 Å². The van der Waals surface area contributed by atoms with Gasteiger partial charge in [0.2, 0.25) is 5.91 Å². The Hall–Kier alpha value is -2.56. The van der Waals surface area contributed by atoms with Crippen LogP contribution in [0.5, 0.6) is 0 Å². The first-order valence-corrected chi connectivity index (χ1v) is 7.85. The summed E-state index contributed by atoms with van der Waals surface area (Å²) in [4.78, 5) is 21.7. The summed E-state index contributed by atoms with van der Waals surface area (Å²) >= 11 is 0. The first kappa shape index (κ1) is 15.3. The molecule has 23 heavy (non-hydrogen) atoms. The average Bonchev–Trinajstić information content (AvgIpc) is 3.12. The Morgan fingerprint density at radius 2 is 2.09 bits per heavy atom. The van der Waals surface area contributed by atoms with E-state index in [2.05, 4.69) is 9.97 Å². The molecule has 0 spiro atoms. The van der Waals surface area contributed by atoms with Crippen LogP contribution in [0.3, 0.4) is 0 Å². The molecule has 1 N–H and O–H groups in total. The van der Waals surface area contributed by atoms with E-state index in [4.69, 9.17) is 4.42 Å². The molecular formula is C18H21N3O2. The van der Waals surface area contributed by atoms with Crippen molar-refractivity contribution in [2.24, 2.45) is 0 Å². The van der Waals surface area contributed by atoms with Crippen molar-refractivity contribution in [3.05, 3.63) is 53.7 Å². The summed E-state index contributed by atoms with van der Waals surface area (Å²) < 4.78 is 5.50. The van der Waals surface area contributed by atoms with E-state index in [1.165, 1.54) is 0 Å². The molecule has 0 aliphatic carbocycles. The summed E-state index contributed by atoms with van der Waals surface area (Å²) in [5.74, 6) is 2.74. The summed E-state index contributed by atoms with van der Waals surface area (Å²) in [7, 11) is 1.81. The second kappa shape index (κ2) is 6.69. The maximum absolute atomic E-state index is 12.2. The van der Waals surface area contributed by atoms with Gasteiger partial charge in [-0.1, -0.05) is 12.1 Å². The number of hydrogen-bond donors (Lipinski definition) is 1. The van der Waals surface area contributed by atoms with Crippen LogP contribution in [0.1, 0.15) is 30.2 Å². The third kappa shape index (κ3) is 3.80. The summed E-state index contributed by atoms with van der Waals surface area (Å²) in [5, 5.41) is 0. The van der Waals surface area contributed by atoms with Gasteiger partial charge in [0.25, 0.3) is 0 Å². The van der Waals surface area contributed by atoms with Crippen LogP contribution in [0.25, 0.3) is 11.0 Å². The Morgan fingerprint density at radius 1 is 1.26 bits per heavy atom. The number of aromatic nitrogens is 2. The Morgan fingerprint density at radius 3 is 2.83 bits per heavy atom. The van der Waals surface area contributed by atoms with Crippen molar-refractivity contribution in [3.63, 3.8) is 0 Å². The lowest BCUT2D eigenvalue weighted by atomic mass is 10.2. The molecule has 0 saturated carbocycles. The molecule has 1 aromatic carbocycles. The highest BCUT2D eigenvalue weighted by atomic mass is 16.3. The number of imidazole rings is 1. The van der Waals surface area contributed by atoms with Crippen LogP contribution < -0.4 is 0 Å². The van der Waals surface area contributed by atoms with Gasteiger partial charge in [-0.25, -0.2) is 4.98 Å². The number of nitrogens with one attached hydrogen (secondary N) is 1. The van der Waals surface area contributed by atoms with Crippen LogP contribution in [-0.4, -0.2) is 27.8 Å². The Kier molecular flexibility index (Phi) is 4.46. The highest BCUT2D eigenvalue weighted by Gasteiger charge is 2.11. The van der Waals surface area contributed by atoms with E-state index in [0.29, 0.717) is 13.0 Å². The van der Waals surface area contributed by atoms with E-state index in [9.17, 15) is 4.79 Å². The highest BCUT2D eigenvalue weighted by molar-refractivity contribution is 5.76. The lowest BCUT2D eigenvalue weighted by Crippen LogP contribution is -2.25. The largest absolute Gasteiger partial charge is 0.464 e. The number of rotatable bonds is 6. The number of H-pyrrole nitrogens is 1. The summed E-state index contributed by atoms with van der Waals surface area (Å²) in [6.45, 7) is 2.41. The van der Waals surface area contributed by atoms with Crippen molar-refractivity contribution in [3.8, 4) is 0 Å². The fourth-order valence-electron chi connectivity index (χ4n) is 2.61. The van der Waals surface area contributed by atoms with Crippen LogP contribution >= 0.6 is 0 Å². The molecule has 3 aromatic rings. The van der Waals surface area contributed by atoms with Crippen molar-refractivity contribution < 1.29 is 9.21 Å². The molecule has 1 amide bonds. The number of nitrogens with zero attached hydrogens (tertiary/aromatic N) is 2. The van der Waals surface area contributed by atoms with Gasteiger partial charge < -0.3 is 14.3 Å². The molecule has 120 valence electrons. The minimum atomic E-state index is 0.121. The zero-order valence-electron chi connectivity index (χ0n) is 13.5. The van der Waals surface area contributed by atoms with E-state index in [-0.39, 0.29) is 5.91 Å². The number of aromatic amines is 1. The number of furan rings is 1. The van der Waals surface area contributed by atoms with Crippen molar-refractivity contribution >= 4 is 16.9 Å². The van der Waals surface area contributed by atoms with Gasteiger partial charge in [0, 0.05) is 19.9 Å². The molecule has 5 nitrogen and oxygen atoms in total. The zero-order chi connectivity index (χ0) is 16.2. The van der Waals surface area contributed by atoms with Crippen LogP contribution in [0.4, 0.5) is 0 Å². The van der Waals surface area contributed by atoms with Gasteiger partial charge in [-0.15, -0.1) is 0 Å². The predicted molar refractivity (Wildman–Crippen MR) is 89.0 cm³/mol. The Bertz CT molecular complexity index is 770. The second-order valence-corrected chi connectivity index (χ2v) is 5.82. The molecule has 0 aliphatic heterocycles. The number of fused-ring (bicyclic) bond motifs is 1. The number of carbonyl (C=O) groups is 1. The molecule has 2 heterocycles. The number of hydrogen-bond acceptors (Lipinski definition) is 3. The highest BCUT2D eigenvalue weighted by Crippen LogP contribution is 2.13. The zero-order valence-corrected chi connectivity index (χ0v) is 13.5. The molecule has 0 saturated heterocycles. The van der Waals surface area contributed by atoms with Gasteiger partial charge in [0.1, 0.15) is 17.3 Å². The van der Waals surface area contributed by atoms with Crippen molar-refractivity contribution in [1.82, 2.24) is 14.9 Å². The maximum Gasteiger partial charge on any atom is 0.222 e. The lowest BCUT2D eigenvalue weighted by molar-refractivity contribution is -0.130. The van der Waals surface area contributed by atoms with Crippen molar-refractivity contribution in [1.29, 1.82) is 0 Å². The molecule has 3 rings (SSSR count). The standard InChI is InChI=1S/C18H21N3O2/c1-13-10-11-14(23-13)12-21(2)18(22)9-5-8-17-19-15-6-3-4-7-16(15)20-17/h3-4,6-7,10-11H,5,8-9,12H2,1-2H3,(H,19,20). The van der Waals surface area contributed by atoms with Crippen molar-refractivity contribution in [2.75, 3.05) is 7.05 Å². The van der Waals surface area contributed by atoms with E-state index < -0.39 is 0 Å². The van der Waals surface area contributed by atoms with Gasteiger partial charge in [0.05, 0.1) is 17.6 Å². The molecular weight excluding hydrogens is 290 g/mol. The number of aryl methyl sites for hydroxylation is 2. The van der Waals surface area contributed by atoms with E-state index in [0.717, 1.165) is 41.2 Å². The van der Waals surface area contributed by atoms with Crippen LogP contribution in [0.2, 0.25) is 0 Å². The smallest absolute Gasteiger partial charge is 0.222 e. The van der Waals surface area contributed by atoms with Gasteiger partial charge in [0.15, 0.2) is 0 Å². The minimum Gasteiger partial charge on any atom is -0.464 e. The SMILES string of the molecule is Cc1ccc(CN(C)C(=O)CCCc2nc3ccccc3[nH]2)o1. The fraction of sp³-hybridized carbons (Fsp3) is 0.333. The topological polar surface area (TPSA) is 62.1 Å². The van der Waals surface area contributed by atoms with Gasteiger partial charge in [-0.05, 0) is 37.6 Å². The summed E-state index contributed by atoms with van der Waals surface area (Å²) in [5.41, 5.74) is 2.01. The Balaban J connectivity index is 1.48. The van der Waals surface area contributed by atoms with E-state index in [1.54, 1.807) is 11.9 Å². The number of benzene rings is 1. The predicted octanol–water partition coefficient (Wildman–Crippen LogP) is 3.45. The molecule has 0 unspecified atom stereocenters. The molecule has 0 bridgehead atoms. The molecule has 0 fully saturated rings. The van der Waals surface area contributed by atoms with Gasteiger partial charge in [-0.2, -0.15) is 0 Å². The van der Waals surface area contributed by atoms with Crippen LogP contribution in [0.15, 0.2) is 40.8 Å². The van der Waals surface area contributed by atoms with Crippen molar-refractivity contribution in [2.45, 2.75) is 32.7 Å². The normalized spacial score (nSPS) is 11.0. The third-order valence-corrected chi connectivity index (χ3v) is 3.86. The molecule has 2 aromatic heterocycles. The van der Waals surface area contributed by atoms with E-state index in [1.807, 2.05) is 43.3 Å². The van der Waals surface area contributed by atoms with Gasteiger partial charge >= 0.3 is 0 Å². The monoisotopic (exact) mass is 311 g/mol. The first-order valence-electron chi connectivity index (χ1n) is 7.85. The lowest BCUT2D eigenvalue weighted by Gasteiger charge is -2.15. The average molecular weight is 311 g/mol. The summed E-state index contributed by atoms with van der Waals surface area (Å²) in [6.07, 6.45) is 2.06. The third-order valence-electron chi connectivity index (χ3n) is 3.86. The number of para-hydroxylation sites is 2. The molecule has 0 radical (unpaired) electrons. The molecule has 0 atom stereocenters. The first-order chi connectivity index (χ1) is 11.1. The van der Waals surface area contributed by atoms with Gasteiger partial charge in [-0.3, -0.25) is 4.79 Å². The number of carbonyl (C=O) groups excluding carboxylic acids is 1. The minimum absolute atomic E-state index is 0.121. The quantitative estimate of drug-likeness (QED) is 0.758. The molecule has 0 aliphatic rings. The number of amides is 1. The second-order valence-electron chi connectivity index (χ2n) is 5.82. The maximum atomic E-state index is 12.2. The van der Waals surface area contributed by atoms with E-state index >= 15 is 0 Å². The molecule has 5 heteroatoms.